The van der Waals surface area contributed by atoms with Gasteiger partial charge in [0.25, 0.3) is 5.69 Å². The molecular weight excluding hydrogens is 320 g/mol. The highest BCUT2D eigenvalue weighted by Gasteiger charge is 2.09. The molecule has 0 fully saturated rings. The lowest BCUT2D eigenvalue weighted by molar-refractivity contribution is -0.384. The summed E-state index contributed by atoms with van der Waals surface area (Å²) >= 11 is 5.84. The van der Waals surface area contributed by atoms with Gasteiger partial charge in [-0.3, -0.25) is 15.2 Å². The summed E-state index contributed by atoms with van der Waals surface area (Å²) in [5.74, 6) is 1.43. The first-order valence-corrected chi connectivity index (χ1v) is 7.04. The van der Waals surface area contributed by atoms with Crippen LogP contribution in [0.3, 0.4) is 0 Å². The van der Waals surface area contributed by atoms with Gasteiger partial charge in [0.2, 0.25) is 0 Å². The molecule has 1 heterocycles. The van der Waals surface area contributed by atoms with Crippen molar-refractivity contribution in [1.82, 2.24) is 15.2 Å². The first-order valence-electron chi connectivity index (χ1n) is 6.66. The zero-order chi connectivity index (χ0) is 16.2. The zero-order valence-electron chi connectivity index (χ0n) is 11.8. The number of benzene rings is 2. The number of aromatic amines is 1. The predicted octanol–water partition coefficient (Wildman–Crippen LogP) is 3.61. The van der Waals surface area contributed by atoms with Gasteiger partial charge < -0.3 is 4.74 Å². The number of hydrogen-bond acceptors (Lipinski definition) is 5. The van der Waals surface area contributed by atoms with Crippen molar-refractivity contribution in [3.63, 3.8) is 0 Å². The molecule has 0 spiro atoms. The van der Waals surface area contributed by atoms with Gasteiger partial charge in [0.15, 0.2) is 11.6 Å². The van der Waals surface area contributed by atoms with Crippen molar-refractivity contribution >= 4 is 17.3 Å². The Hall–Kier alpha value is -2.93. The summed E-state index contributed by atoms with van der Waals surface area (Å²) in [4.78, 5) is 14.6. The number of rotatable bonds is 5. The highest BCUT2D eigenvalue weighted by Crippen LogP contribution is 2.21. The second-order valence-electron chi connectivity index (χ2n) is 4.66. The summed E-state index contributed by atoms with van der Waals surface area (Å²) in [6, 6.07) is 13.1. The van der Waals surface area contributed by atoms with E-state index in [9.17, 15) is 10.1 Å². The molecule has 3 rings (SSSR count). The lowest BCUT2D eigenvalue weighted by Crippen LogP contribution is -1.98. The van der Waals surface area contributed by atoms with E-state index < -0.39 is 4.92 Å². The maximum atomic E-state index is 10.7. The Kier molecular flexibility index (Phi) is 4.20. The van der Waals surface area contributed by atoms with Crippen LogP contribution in [0.15, 0.2) is 48.5 Å². The van der Waals surface area contributed by atoms with Crippen molar-refractivity contribution in [2.45, 2.75) is 6.61 Å². The van der Waals surface area contributed by atoms with Gasteiger partial charge in [0.05, 0.1) is 11.0 Å². The average molecular weight is 331 g/mol. The minimum atomic E-state index is -0.472. The van der Waals surface area contributed by atoms with Gasteiger partial charge in [0.1, 0.15) is 12.4 Å². The molecule has 3 aromatic rings. The van der Waals surface area contributed by atoms with E-state index in [2.05, 4.69) is 15.2 Å². The standard InChI is InChI=1S/C15H11ClN4O3/c16-11-6-4-10(5-7-11)15-17-14(18-19-15)9-23-13-3-1-2-12(8-13)20(21)22/h1-8H,9H2,(H,17,18,19). The molecule has 0 bridgehead atoms. The number of ether oxygens (including phenoxy) is 1. The van der Waals surface area contributed by atoms with Crippen molar-refractivity contribution in [2.75, 3.05) is 0 Å². The van der Waals surface area contributed by atoms with E-state index in [1.807, 2.05) is 12.1 Å². The minimum absolute atomic E-state index is 0.0260. The van der Waals surface area contributed by atoms with E-state index in [1.165, 1.54) is 12.1 Å². The largest absolute Gasteiger partial charge is 0.485 e. The van der Waals surface area contributed by atoms with Gasteiger partial charge in [0, 0.05) is 16.7 Å². The predicted molar refractivity (Wildman–Crippen MR) is 84.3 cm³/mol. The normalized spacial score (nSPS) is 10.5. The van der Waals surface area contributed by atoms with Crippen LogP contribution in [0, 0.1) is 10.1 Å². The Bertz CT molecular complexity index is 833. The quantitative estimate of drug-likeness (QED) is 0.569. The van der Waals surface area contributed by atoms with Crippen molar-refractivity contribution in [3.8, 4) is 17.1 Å². The molecule has 0 saturated heterocycles. The molecule has 7 nitrogen and oxygen atoms in total. The summed E-state index contributed by atoms with van der Waals surface area (Å²) in [6.07, 6.45) is 0. The van der Waals surface area contributed by atoms with Gasteiger partial charge >= 0.3 is 0 Å². The van der Waals surface area contributed by atoms with Crippen LogP contribution in [0.5, 0.6) is 5.75 Å². The summed E-state index contributed by atoms with van der Waals surface area (Å²) in [5.41, 5.74) is 0.800. The molecule has 1 N–H and O–H groups in total. The summed E-state index contributed by atoms with van der Waals surface area (Å²) < 4.78 is 5.49. The van der Waals surface area contributed by atoms with Gasteiger partial charge in [-0.2, -0.15) is 5.10 Å². The van der Waals surface area contributed by atoms with Gasteiger partial charge in [-0.05, 0) is 30.3 Å². The molecule has 0 saturated carbocycles. The Labute approximate surface area is 136 Å². The third-order valence-electron chi connectivity index (χ3n) is 3.04. The monoisotopic (exact) mass is 330 g/mol. The zero-order valence-corrected chi connectivity index (χ0v) is 12.5. The number of nitrogens with one attached hydrogen (secondary N) is 1. The SMILES string of the molecule is O=[N+]([O-])c1cccc(OCc2nc(-c3ccc(Cl)cc3)n[nH]2)c1. The molecule has 0 unspecified atom stereocenters. The maximum absolute atomic E-state index is 10.7. The minimum Gasteiger partial charge on any atom is -0.485 e. The van der Waals surface area contributed by atoms with Crippen LogP contribution in [-0.2, 0) is 6.61 Å². The Morgan fingerprint density at radius 2 is 2.00 bits per heavy atom. The summed E-state index contributed by atoms with van der Waals surface area (Å²) in [5, 5.41) is 18.2. The van der Waals surface area contributed by atoms with Crippen LogP contribution in [0.2, 0.25) is 5.02 Å². The van der Waals surface area contributed by atoms with Crippen LogP contribution in [0.25, 0.3) is 11.4 Å². The fourth-order valence-electron chi connectivity index (χ4n) is 1.93. The second kappa shape index (κ2) is 6.45. The third-order valence-corrected chi connectivity index (χ3v) is 3.29. The van der Waals surface area contributed by atoms with E-state index in [0.717, 1.165) is 5.56 Å². The smallest absolute Gasteiger partial charge is 0.273 e. The highest BCUT2D eigenvalue weighted by molar-refractivity contribution is 6.30. The molecule has 23 heavy (non-hydrogen) atoms. The fourth-order valence-corrected chi connectivity index (χ4v) is 2.05. The van der Waals surface area contributed by atoms with Crippen LogP contribution >= 0.6 is 11.6 Å². The van der Waals surface area contributed by atoms with Crippen LogP contribution in [0.1, 0.15) is 5.82 Å². The topological polar surface area (TPSA) is 93.9 Å². The van der Waals surface area contributed by atoms with E-state index in [1.54, 1.807) is 24.3 Å². The highest BCUT2D eigenvalue weighted by atomic mass is 35.5. The van der Waals surface area contributed by atoms with Crippen molar-refractivity contribution in [3.05, 3.63) is 69.5 Å². The van der Waals surface area contributed by atoms with E-state index >= 15 is 0 Å². The number of nitro groups is 1. The van der Waals surface area contributed by atoms with Gasteiger partial charge in [-0.1, -0.05) is 17.7 Å². The van der Waals surface area contributed by atoms with E-state index in [4.69, 9.17) is 16.3 Å². The molecule has 0 atom stereocenters. The number of halogens is 1. The average Bonchev–Trinajstić information content (AvgIpc) is 3.03. The fraction of sp³-hybridized carbons (Fsp3) is 0.0667. The molecular formula is C15H11ClN4O3. The Morgan fingerprint density at radius 1 is 1.22 bits per heavy atom. The Morgan fingerprint density at radius 3 is 2.74 bits per heavy atom. The molecule has 1 aromatic heterocycles. The number of non-ortho nitro benzene ring substituents is 1. The molecule has 0 aliphatic carbocycles. The van der Waals surface area contributed by atoms with Crippen LogP contribution in [0.4, 0.5) is 5.69 Å². The first kappa shape index (κ1) is 15.0. The lowest BCUT2D eigenvalue weighted by atomic mass is 10.2. The second-order valence-corrected chi connectivity index (χ2v) is 5.09. The molecule has 116 valence electrons. The number of nitro benzene ring substituents is 1. The van der Waals surface area contributed by atoms with E-state index in [-0.39, 0.29) is 12.3 Å². The number of hydrogen-bond donors (Lipinski definition) is 1. The lowest BCUT2D eigenvalue weighted by Gasteiger charge is -2.03. The number of H-pyrrole nitrogens is 1. The summed E-state index contributed by atoms with van der Waals surface area (Å²) in [7, 11) is 0. The van der Waals surface area contributed by atoms with Crippen LogP contribution in [-0.4, -0.2) is 20.1 Å². The molecule has 0 aliphatic heterocycles. The molecule has 0 radical (unpaired) electrons. The number of nitrogens with zero attached hydrogens (tertiary/aromatic N) is 3. The molecule has 0 amide bonds. The van der Waals surface area contributed by atoms with E-state index in [0.29, 0.717) is 22.4 Å². The van der Waals surface area contributed by atoms with Crippen LogP contribution < -0.4 is 4.74 Å². The molecule has 0 aliphatic rings. The molecule has 8 heteroatoms. The first-order chi connectivity index (χ1) is 11.1. The van der Waals surface area contributed by atoms with Crippen molar-refractivity contribution < 1.29 is 9.66 Å². The summed E-state index contributed by atoms with van der Waals surface area (Å²) in [6.45, 7) is 0.127. The Balaban J connectivity index is 1.69. The maximum Gasteiger partial charge on any atom is 0.273 e. The number of aromatic nitrogens is 3. The third kappa shape index (κ3) is 3.64. The van der Waals surface area contributed by atoms with Crippen molar-refractivity contribution in [1.29, 1.82) is 0 Å². The molecule has 2 aromatic carbocycles. The van der Waals surface area contributed by atoms with Gasteiger partial charge in [-0.15, -0.1) is 0 Å². The van der Waals surface area contributed by atoms with Crippen molar-refractivity contribution in [2.24, 2.45) is 0 Å². The van der Waals surface area contributed by atoms with Gasteiger partial charge in [-0.25, -0.2) is 4.98 Å².